The fraction of sp³-hybridized carbons (Fsp3) is 0.312. The minimum atomic E-state index is -0.266. The van der Waals surface area contributed by atoms with Gasteiger partial charge in [0.15, 0.2) is 0 Å². The predicted molar refractivity (Wildman–Crippen MR) is 83.6 cm³/mol. The van der Waals surface area contributed by atoms with Crippen LogP contribution in [0.1, 0.15) is 23.4 Å². The molecule has 20 heavy (non-hydrogen) atoms. The van der Waals surface area contributed by atoms with Gasteiger partial charge >= 0.3 is 0 Å². The lowest BCUT2D eigenvalue weighted by Crippen LogP contribution is -2.36. The Morgan fingerprint density at radius 1 is 1.25 bits per heavy atom. The molecule has 1 heterocycles. The molecule has 0 saturated carbocycles. The number of rotatable bonds is 6. The largest absolute Gasteiger partial charge is 0.355 e. The average molecular weight is 288 g/mol. The molecule has 2 rings (SSSR count). The number of hydrogen-bond donors (Lipinski definition) is 2. The predicted octanol–water partition coefficient (Wildman–Crippen LogP) is 2.74. The number of carbonyl (C=O) groups excluding carboxylic acids is 1. The Bertz CT molecular complexity index is 525. The standard InChI is InChI=1S/C16H20N2OS/c1-12(15(17)13-6-3-2-4-7-13)16(19)18-10-9-14-8-5-11-20-14/h2-8,11-12,15H,9-10,17H2,1H3,(H,18,19). The lowest BCUT2D eigenvalue weighted by Gasteiger charge is -2.19. The van der Waals surface area contributed by atoms with Crippen molar-refractivity contribution in [3.05, 3.63) is 58.3 Å². The second-order valence-electron chi connectivity index (χ2n) is 4.85. The van der Waals surface area contributed by atoms with Crippen LogP contribution in [0.5, 0.6) is 0 Å². The van der Waals surface area contributed by atoms with Gasteiger partial charge in [0.1, 0.15) is 0 Å². The van der Waals surface area contributed by atoms with E-state index in [0.29, 0.717) is 6.54 Å². The number of benzene rings is 1. The first-order valence-electron chi connectivity index (χ1n) is 6.79. The van der Waals surface area contributed by atoms with Gasteiger partial charge in [0.2, 0.25) is 5.91 Å². The third-order valence-corrected chi connectivity index (χ3v) is 4.32. The molecular formula is C16H20N2OS. The van der Waals surface area contributed by atoms with Crippen molar-refractivity contribution < 1.29 is 4.79 Å². The van der Waals surface area contributed by atoms with Gasteiger partial charge in [0.25, 0.3) is 0 Å². The summed E-state index contributed by atoms with van der Waals surface area (Å²) >= 11 is 1.71. The van der Waals surface area contributed by atoms with E-state index in [1.165, 1.54) is 4.88 Å². The van der Waals surface area contributed by atoms with Crippen molar-refractivity contribution in [1.29, 1.82) is 0 Å². The van der Waals surface area contributed by atoms with Crippen LogP contribution in [0.15, 0.2) is 47.8 Å². The van der Waals surface area contributed by atoms with Gasteiger partial charge < -0.3 is 11.1 Å². The molecule has 2 aromatic rings. The van der Waals surface area contributed by atoms with E-state index in [1.54, 1.807) is 11.3 Å². The fourth-order valence-corrected chi connectivity index (χ4v) is 2.76. The molecule has 0 aliphatic heterocycles. The van der Waals surface area contributed by atoms with E-state index < -0.39 is 0 Å². The first-order valence-corrected chi connectivity index (χ1v) is 7.67. The van der Waals surface area contributed by atoms with Crippen LogP contribution in [0.2, 0.25) is 0 Å². The molecule has 106 valence electrons. The molecule has 3 N–H and O–H groups in total. The van der Waals surface area contributed by atoms with Gasteiger partial charge in [0, 0.05) is 17.5 Å². The molecule has 2 atom stereocenters. The van der Waals surface area contributed by atoms with E-state index in [0.717, 1.165) is 12.0 Å². The second kappa shape index (κ2) is 7.22. The van der Waals surface area contributed by atoms with Gasteiger partial charge in [-0.25, -0.2) is 0 Å². The van der Waals surface area contributed by atoms with Gasteiger partial charge in [-0.1, -0.05) is 43.3 Å². The molecule has 0 fully saturated rings. The SMILES string of the molecule is CC(C(=O)NCCc1cccs1)C(N)c1ccccc1. The number of nitrogens with two attached hydrogens (primary N) is 1. The van der Waals surface area contributed by atoms with Gasteiger partial charge in [-0.05, 0) is 23.4 Å². The highest BCUT2D eigenvalue weighted by molar-refractivity contribution is 7.09. The molecule has 1 aromatic heterocycles. The zero-order valence-corrected chi connectivity index (χ0v) is 12.4. The molecular weight excluding hydrogens is 268 g/mol. The smallest absolute Gasteiger partial charge is 0.224 e. The number of amides is 1. The summed E-state index contributed by atoms with van der Waals surface area (Å²) in [6.07, 6.45) is 0.872. The first-order chi connectivity index (χ1) is 9.68. The zero-order chi connectivity index (χ0) is 14.4. The molecule has 0 aliphatic carbocycles. The van der Waals surface area contributed by atoms with Gasteiger partial charge in [-0.15, -0.1) is 11.3 Å². The Labute approximate surface area is 123 Å². The summed E-state index contributed by atoms with van der Waals surface area (Å²) in [4.78, 5) is 13.4. The number of hydrogen-bond acceptors (Lipinski definition) is 3. The maximum absolute atomic E-state index is 12.1. The Hall–Kier alpha value is -1.65. The van der Waals surface area contributed by atoms with Crippen molar-refractivity contribution in [3.63, 3.8) is 0 Å². The normalized spacial score (nSPS) is 13.7. The minimum absolute atomic E-state index is 0.0120. The molecule has 0 radical (unpaired) electrons. The van der Waals surface area contributed by atoms with Crippen LogP contribution in [0.3, 0.4) is 0 Å². The highest BCUT2D eigenvalue weighted by Crippen LogP contribution is 2.19. The van der Waals surface area contributed by atoms with E-state index in [1.807, 2.05) is 48.7 Å². The Morgan fingerprint density at radius 2 is 2.00 bits per heavy atom. The lowest BCUT2D eigenvalue weighted by molar-refractivity contribution is -0.125. The molecule has 1 amide bonds. The highest BCUT2D eigenvalue weighted by atomic mass is 32.1. The van der Waals surface area contributed by atoms with Crippen molar-refractivity contribution in [2.75, 3.05) is 6.54 Å². The highest BCUT2D eigenvalue weighted by Gasteiger charge is 2.21. The third kappa shape index (κ3) is 3.92. The maximum atomic E-state index is 12.1. The molecule has 0 bridgehead atoms. The van der Waals surface area contributed by atoms with E-state index >= 15 is 0 Å². The Balaban J connectivity index is 1.82. The van der Waals surface area contributed by atoms with E-state index in [4.69, 9.17) is 5.73 Å². The number of carbonyl (C=O) groups is 1. The molecule has 3 nitrogen and oxygen atoms in total. The quantitative estimate of drug-likeness (QED) is 0.858. The second-order valence-corrected chi connectivity index (χ2v) is 5.88. The van der Waals surface area contributed by atoms with E-state index in [2.05, 4.69) is 11.4 Å². The summed E-state index contributed by atoms with van der Waals surface area (Å²) < 4.78 is 0. The van der Waals surface area contributed by atoms with Crippen LogP contribution in [-0.4, -0.2) is 12.5 Å². The molecule has 1 aromatic carbocycles. The summed E-state index contributed by atoms with van der Waals surface area (Å²) in [6, 6.07) is 13.6. The van der Waals surface area contributed by atoms with Crippen molar-refractivity contribution in [3.8, 4) is 0 Å². The van der Waals surface area contributed by atoms with Crippen LogP contribution >= 0.6 is 11.3 Å². The zero-order valence-electron chi connectivity index (χ0n) is 11.6. The van der Waals surface area contributed by atoms with Crippen LogP contribution in [0.4, 0.5) is 0 Å². The molecule has 0 spiro atoms. The summed E-state index contributed by atoms with van der Waals surface area (Å²) in [5.41, 5.74) is 7.14. The summed E-state index contributed by atoms with van der Waals surface area (Å²) in [5.74, 6) is -0.223. The molecule has 0 saturated heterocycles. The van der Waals surface area contributed by atoms with Crippen LogP contribution in [0.25, 0.3) is 0 Å². The monoisotopic (exact) mass is 288 g/mol. The van der Waals surface area contributed by atoms with Crippen molar-refractivity contribution in [2.45, 2.75) is 19.4 Å². The fourth-order valence-electron chi connectivity index (χ4n) is 2.05. The van der Waals surface area contributed by atoms with Gasteiger partial charge in [0.05, 0.1) is 5.92 Å². The maximum Gasteiger partial charge on any atom is 0.224 e. The average Bonchev–Trinajstić information content (AvgIpc) is 2.99. The summed E-state index contributed by atoms with van der Waals surface area (Å²) in [6.45, 7) is 2.53. The summed E-state index contributed by atoms with van der Waals surface area (Å²) in [7, 11) is 0. The minimum Gasteiger partial charge on any atom is -0.355 e. The van der Waals surface area contributed by atoms with E-state index in [9.17, 15) is 4.79 Å². The van der Waals surface area contributed by atoms with Crippen molar-refractivity contribution >= 4 is 17.2 Å². The van der Waals surface area contributed by atoms with Crippen LogP contribution in [0, 0.1) is 5.92 Å². The molecule has 2 unspecified atom stereocenters. The Kier molecular flexibility index (Phi) is 5.32. The topological polar surface area (TPSA) is 55.1 Å². The Morgan fingerprint density at radius 3 is 2.65 bits per heavy atom. The summed E-state index contributed by atoms with van der Waals surface area (Å²) in [5, 5.41) is 5.01. The van der Waals surface area contributed by atoms with Crippen molar-refractivity contribution in [1.82, 2.24) is 5.32 Å². The van der Waals surface area contributed by atoms with Crippen LogP contribution in [-0.2, 0) is 11.2 Å². The molecule has 0 aliphatic rings. The number of thiophene rings is 1. The van der Waals surface area contributed by atoms with Crippen molar-refractivity contribution in [2.24, 2.45) is 11.7 Å². The van der Waals surface area contributed by atoms with Crippen LogP contribution < -0.4 is 11.1 Å². The first kappa shape index (κ1) is 14.8. The van der Waals surface area contributed by atoms with Gasteiger partial charge in [-0.2, -0.15) is 0 Å². The van der Waals surface area contributed by atoms with Gasteiger partial charge in [-0.3, -0.25) is 4.79 Å². The molecule has 4 heteroatoms. The lowest BCUT2D eigenvalue weighted by atomic mass is 9.95. The third-order valence-electron chi connectivity index (χ3n) is 3.39. The number of nitrogens with one attached hydrogen (secondary N) is 1. The van der Waals surface area contributed by atoms with E-state index in [-0.39, 0.29) is 17.9 Å².